The van der Waals surface area contributed by atoms with Gasteiger partial charge in [-0.2, -0.15) is 13.2 Å². The maximum absolute atomic E-state index is 13.7. The summed E-state index contributed by atoms with van der Waals surface area (Å²) in [4.78, 5) is 7.68. The monoisotopic (exact) mass is 594 g/mol. The second-order valence-electron chi connectivity index (χ2n) is 9.72. The molecule has 0 bridgehead atoms. The van der Waals surface area contributed by atoms with Crippen LogP contribution in [0.25, 0.3) is 0 Å². The van der Waals surface area contributed by atoms with Gasteiger partial charge in [-0.05, 0) is 61.6 Å². The highest BCUT2D eigenvalue weighted by Gasteiger charge is 2.36. The lowest BCUT2D eigenvalue weighted by molar-refractivity contribution is -0.144. The van der Waals surface area contributed by atoms with Crippen LogP contribution in [-0.4, -0.2) is 22.1 Å². The van der Waals surface area contributed by atoms with Crippen molar-refractivity contribution in [2.75, 3.05) is 10.6 Å². The predicted molar refractivity (Wildman–Crippen MR) is 147 cm³/mol. The molecule has 1 saturated carbocycles. The fourth-order valence-electron chi connectivity index (χ4n) is 4.88. The van der Waals surface area contributed by atoms with Crippen LogP contribution in [0.3, 0.4) is 0 Å². The number of benzene rings is 2. The molecule has 3 aromatic rings. The van der Waals surface area contributed by atoms with Gasteiger partial charge >= 0.3 is 6.18 Å². The third-order valence-corrected chi connectivity index (χ3v) is 7.56. The van der Waals surface area contributed by atoms with E-state index < -0.39 is 12.0 Å². The van der Waals surface area contributed by atoms with E-state index in [0.29, 0.717) is 11.4 Å². The number of anilines is 2. The van der Waals surface area contributed by atoms with Crippen LogP contribution in [-0.2, 0) is 12.6 Å². The van der Waals surface area contributed by atoms with Gasteiger partial charge < -0.3 is 10.6 Å². The molecular formula is C28H31BrClF3N4. The van der Waals surface area contributed by atoms with Gasteiger partial charge in [0.25, 0.3) is 0 Å². The second-order valence-corrected chi connectivity index (χ2v) is 11.1. The van der Waals surface area contributed by atoms with Crippen molar-refractivity contribution < 1.29 is 13.2 Å². The minimum Gasteiger partial charge on any atom is -0.367 e. The average molecular weight is 596 g/mol. The fraction of sp³-hybridized carbons (Fsp3) is 0.429. The van der Waals surface area contributed by atoms with Gasteiger partial charge in [-0.15, -0.1) is 0 Å². The Hall–Kier alpha value is -2.32. The van der Waals surface area contributed by atoms with E-state index in [4.69, 9.17) is 11.6 Å². The van der Waals surface area contributed by atoms with E-state index >= 15 is 0 Å². The zero-order valence-electron chi connectivity index (χ0n) is 20.7. The van der Waals surface area contributed by atoms with Crippen LogP contribution in [0.4, 0.5) is 24.8 Å². The SMILES string of the molecule is C[C@H](Nc1cc(NC2CCCCCC2)nc(C(F)(F)F)n1)[C@@H](Cc1ccc(Cl)cc1)c1cccc(Br)c1. The van der Waals surface area contributed by atoms with E-state index in [1.54, 1.807) is 6.07 Å². The summed E-state index contributed by atoms with van der Waals surface area (Å²) in [6, 6.07) is 17.1. The first-order valence-electron chi connectivity index (χ1n) is 12.7. The van der Waals surface area contributed by atoms with Gasteiger partial charge in [0, 0.05) is 33.6 Å². The summed E-state index contributed by atoms with van der Waals surface area (Å²) in [6.45, 7) is 1.97. The largest absolute Gasteiger partial charge is 0.451 e. The topological polar surface area (TPSA) is 49.8 Å². The summed E-state index contributed by atoms with van der Waals surface area (Å²) in [7, 11) is 0. The molecule has 0 aliphatic heterocycles. The zero-order chi connectivity index (χ0) is 26.4. The van der Waals surface area contributed by atoms with Crippen LogP contribution in [0, 0.1) is 0 Å². The maximum atomic E-state index is 13.7. The Morgan fingerprint density at radius 2 is 1.65 bits per heavy atom. The number of nitrogens with one attached hydrogen (secondary N) is 2. The van der Waals surface area contributed by atoms with Gasteiger partial charge in [-0.1, -0.05) is 77.5 Å². The minimum atomic E-state index is -4.65. The maximum Gasteiger partial charge on any atom is 0.451 e. The Morgan fingerprint density at radius 1 is 0.973 bits per heavy atom. The van der Waals surface area contributed by atoms with Crippen molar-refractivity contribution in [1.82, 2.24) is 9.97 Å². The van der Waals surface area contributed by atoms with Crippen LogP contribution >= 0.6 is 27.5 Å². The van der Waals surface area contributed by atoms with Gasteiger partial charge in [-0.3, -0.25) is 0 Å². The molecule has 2 aromatic carbocycles. The van der Waals surface area contributed by atoms with Crippen LogP contribution in [0.2, 0.25) is 5.02 Å². The molecule has 1 aliphatic carbocycles. The number of aromatic nitrogens is 2. The summed E-state index contributed by atoms with van der Waals surface area (Å²) >= 11 is 9.61. The van der Waals surface area contributed by atoms with Crippen molar-refractivity contribution in [3.05, 3.63) is 81.0 Å². The van der Waals surface area contributed by atoms with Crippen LogP contribution in [0.5, 0.6) is 0 Å². The molecule has 2 atom stereocenters. The number of alkyl halides is 3. The number of rotatable bonds is 8. The first-order valence-corrected chi connectivity index (χ1v) is 13.8. The lowest BCUT2D eigenvalue weighted by atomic mass is 9.86. The average Bonchev–Trinajstić information content (AvgIpc) is 3.11. The molecular weight excluding hydrogens is 565 g/mol. The van der Waals surface area contributed by atoms with Gasteiger partial charge in [0.05, 0.1) is 0 Å². The Balaban J connectivity index is 1.61. The molecule has 0 saturated heterocycles. The van der Waals surface area contributed by atoms with Gasteiger partial charge in [0.1, 0.15) is 11.6 Å². The third kappa shape index (κ3) is 8.08. The Morgan fingerprint density at radius 3 is 2.30 bits per heavy atom. The molecule has 0 amide bonds. The molecule has 4 nitrogen and oxygen atoms in total. The molecule has 9 heteroatoms. The van der Waals surface area contributed by atoms with E-state index in [1.165, 1.54) is 0 Å². The molecule has 1 heterocycles. The summed E-state index contributed by atoms with van der Waals surface area (Å²) < 4.78 is 42.1. The van der Waals surface area contributed by atoms with Crippen molar-refractivity contribution in [1.29, 1.82) is 0 Å². The molecule has 0 unspecified atom stereocenters. The van der Waals surface area contributed by atoms with E-state index in [9.17, 15) is 13.2 Å². The number of halogens is 5. The Labute approximate surface area is 229 Å². The summed E-state index contributed by atoms with van der Waals surface area (Å²) in [5, 5.41) is 7.17. The van der Waals surface area contributed by atoms with Crippen LogP contribution < -0.4 is 10.6 Å². The number of nitrogens with zero attached hydrogens (tertiary/aromatic N) is 2. The first kappa shape index (κ1) is 27.7. The van der Waals surface area contributed by atoms with E-state index in [1.807, 2.05) is 55.5 Å². The molecule has 1 aromatic heterocycles. The van der Waals surface area contributed by atoms with E-state index in [-0.39, 0.29) is 29.6 Å². The van der Waals surface area contributed by atoms with E-state index in [2.05, 4.69) is 36.5 Å². The van der Waals surface area contributed by atoms with Gasteiger partial charge in [0.15, 0.2) is 0 Å². The highest BCUT2D eigenvalue weighted by Crippen LogP contribution is 2.32. The molecule has 1 fully saturated rings. The summed E-state index contributed by atoms with van der Waals surface area (Å²) in [5.74, 6) is -0.818. The second kappa shape index (κ2) is 12.5. The zero-order valence-corrected chi connectivity index (χ0v) is 23.0. The smallest absolute Gasteiger partial charge is 0.367 e. The van der Waals surface area contributed by atoms with Crippen molar-refractivity contribution >= 4 is 39.2 Å². The predicted octanol–water partition coefficient (Wildman–Crippen LogP) is 8.87. The Kier molecular flexibility index (Phi) is 9.35. The molecule has 0 radical (unpaired) electrons. The van der Waals surface area contributed by atoms with Gasteiger partial charge in [0.2, 0.25) is 5.82 Å². The summed E-state index contributed by atoms with van der Waals surface area (Å²) in [5.41, 5.74) is 2.14. The van der Waals surface area contributed by atoms with Crippen molar-refractivity contribution in [3.63, 3.8) is 0 Å². The standard InChI is InChI=1S/C28H31BrClF3N4/c1-18(24(20-7-6-8-21(29)16-20)15-19-11-13-22(30)14-12-19)34-25-17-26(37-27(36-25)28(31,32)33)35-23-9-4-2-3-5-10-23/h6-8,11-14,16-18,23-24H,2-5,9-10,15H2,1H3,(H2,34,35,36,37)/t18-,24+/m0/s1. The van der Waals surface area contributed by atoms with Crippen molar-refractivity contribution in [2.45, 2.75) is 76.0 Å². The first-order chi connectivity index (χ1) is 17.7. The normalized spacial score (nSPS) is 16.6. The van der Waals surface area contributed by atoms with E-state index in [0.717, 1.165) is 54.1 Å². The molecule has 198 valence electrons. The van der Waals surface area contributed by atoms with Crippen LogP contribution in [0.15, 0.2) is 59.1 Å². The lowest BCUT2D eigenvalue weighted by Gasteiger charge is -2.27. The highest BCUT2D eigenvalue weighted by atomic mass is 79.9. The fourth-order valence-corrected chi connectivity index (χ4v) is 5.43. The highest BCUT2D eigenvalue weighted by molar-refractivity contribution is 9.10. The minimum absolute atomic E-state index is 0.0405. The Bertz CT molecular complexity index is 1160. The number of hydrogen-bond donors (Lipinski definition) is 2. The van der Waals surface area contributed by atoms with Gasteiger partial charge in [-0.25, -0.2) is 9.97 Å². The lowest BCUT2D eigenvalue weighted by Crippen LogP contribution is -2.28. The van der Waals surface area contributed by atoms with Crippen molar-refractivity contribution in [3.8, 4) is 0 Å². The molecule has 1 aliphatic rings. The van der Waals surface area contributed by atoms with Crippen LogP contribution in [0.1, 0.15) is 68.3 Å². The molecule has 4 rings (SSSR count). The number of hydrogen-bond acceptors (Lipinski definition) is 4. The summed E-state index contributed by atoms with van der Waals surface area (Å²) in [6.07, 6.45) is 2.33. The third-order valence-electron chi connectivity index (χ3n) is 6.81. The molecule has 2 N–H and O–H groups in total. The molecule has 0 spiro atoms. The van der Waals surface area contributed by atoms with Crippen molar-refractivity contribution in [2.24, 2.45) is 0 Å². The quantitative estimate of drug-likeness (QED) is 0.255. The molecule has 37 heavy (non-hydrogen) atoms.